The topological polar surface area (TPSA) is 49.4 Å². The second kappa shape index (κ2) is 6.92. The maximum atomic E-state index is 13.3. The van der Waals surface area contributed by atoms with E-state index in [4.69, 9.17) is 11.6 Å². The molecule has 0 saturated carbocycles. The number of halogens is 2. The van der Waals surface area contributed by atoms with Gasteiger partial charge in [-0.15, -0.1) is 0 Å². The molecule has 1 aliphatic rings. The predicted octanol–water partition coefficient (Wildman–Crippen LogP) is 4.39. The molecule has 26 heavy (non-hydrogen) atoms. The molecule has 0 radical (unpaired) electrons. The fourth-order valence-electron chi connectivity index (χ4n) is 2.92. The van der Waals surface area contributed by atoms with Crippen LogP contribution in [0.5, 0.6) is 0 Å². The number of amides is 2. The zero-order valence-electron chi connectivity index (χ0n) is 14.6. The molecule has 6 heteroatoms. The highest BCUT2D eigenvalue weighted by Gasteiger charge is 2.40. The summed E-state index contributed by atoms with van der Waals surface area (Å²) < 4.78 is 13.3. The van der Waals surface area contributed by atoms with E-state index >= 15 is 0 Å². The molecule has 0 aromatic heterocycles. The first-order valence-corrected chi connectivity index (χ1v) is 8.58. The average molecular weight is 373 g/mol. The van der Waals surface area contributed by atoms with Crippen molar-refractivity contribution in [3.63, 3.8) is 0 Å². The van der Waals surface area contributed by atoms with Crippen LogP contribution in [0, 0.1) is 12.7 Å². The van der Waals surface area contributed by atoms with Crippen molar-refractivity contribution < 1.29 is 14.0 Å². The molecule has 0 spiro atoms. The molecule has 0 bridgehead atoms. The lowest BCUT2D eigenvalue weighted by atomic mass is 10.0. The number of nitrogens with one attached hydrogen (secondary N) is 1. The number of carbonyl (C=O) groups is 2. The highest BCUT2D eigenvalue weighted by atomic mass is 35.5. The zero-order chi connectivity index (χ0) is 19.0. The van der Waals surface area contributed by atoms with Crippen LogP contribution in [0.3, 0.4) is 0 Å². The number of anilines is 1. The summed E-state index contributed by atoms with van der Waals surface area (Å²) in [5.74, 6) is -1.21. The van der Waals surface area contributed by atoms with Crippen LogP contribution in [0.4, 0.5) is 10.1 Å². The minimum absolute atomic E-state index is 0.181. The molecule has 3 rings (SSSR count). The molecule has 1 N–H and O–H groups in total. The number of nitrogens with zero attached hydrogens (tertiary/aromatic N) is 1. The molecule has 4 nitrogen and oxygen atoms in total. The van der Waals surface area contributed by atoms with E-state index in [1.807, 2.05) is 6.92 Å². The summed E-state index contributed by atoms with van der Waals surface area (Å²) in [5, 5.41) is 3.66. The van der Waals surface area contributed by atoms with Crippen LogP contribution in [0.25, 0.3) is 5.57 Å². The van der Waals surface area contributed by atoms with E-state index in [2.05, 4.69) is 5.32 Å². The van der Waals surface area contributed by atoms with E-state index in [1.54, 1.807) is 32.0 Å². The van der Waals surface area contributed by atoms with Gasteiger partial charge in [-0.05, 0) is 62.2 Å². The van der Waals surface area contributed by atoms with E-state index in [0.717, 1.165) is 5.56 Å². The standard InChI is InChI=1S/C20H18ClFN2O2/c1-11(2)24-19(25)17(13-4-7-15(22)8-5-13)18(20(24)26)23-16-9-6-14(21)10-12(16)3/h4-11,23H,1-3H3. The Morgan fingerprint density at radius 3 is 2.27 bits per heavy atom. The second-order valence-electron chi connectivity index (χ2n) is 6.42. The maximum Gasteiger partial charge on any atom is 0.278 e. The van der Waals surface area contributed by atoms with Crippen molar-refractivity contribution in [1.82, 2.24) is 4.90 Å². The lowest BCUT2D eigenvalue weighted by molar-refractivity contribution is -0.138. The second-order valence-corrected chi connectivity index (χ2v) is 6.85. The van der Waals surface area contributed by atoms with Crippen LogP contribution in [0.1, 0.15) is 25.0 Å². The van der Waals surface area contributed by atoms with E-state index in [0.29, 0.717) is 16.3 Å². The Morgan fingerprint density at radius 1 is 1.04 bits per heavy atom. The smallest absolute Gasteiger partial charge is 0.278 e. The first kappa shape index (κ1) is 18.1. The van der Waals surface area contributed by atoms with Crippen LogP contribution >= 0.6 is 11.6 Å². The van der Waals surface area contributed by atoms with Gasteiger partial charge in [0.25, 0.3) is 11.8 Å². The van der Waals surface area contributed by atoms with Crippen LogP contribution in [-0.2, 0) is 9.59 Å². The van der Waals surface area contributed by atoms with Crippen LogP contribution in [0.15, 0.2) is 48.2 Å². The Bertz CT molecular complexity index is 920. The van der Waals surface area contributed by atoms with Gasteiger partial charge in [-0.25, -0.2) is 4.39 Å². The quantitative estimate of drug-likeness (QED) is 0.810. The zero-order valence-corrected chi connectivity index (χ0v) is 15.4. The molecule has 2 amide bonds. The van der Waals surface area contributed by atoms with Gasteiger partial charge in [0.05, 0.1) is 5.57 Å². The highest BCUT2D eigenvalue weighted by molar-refractivity contribution is 6.36. The van der Waals surface area contributed by atoms with Crippen LogP contribution in [-0.4, -0.2) is 22.8 Å². The van der Waals surface area contributed by atoms with Gasteiger partial charge < -0.3 is 5.32 Å². The Balaban J connectivity index is 2.12. The molecule has 0 saturated heterocycles. The molecule has 2 aromatic carbocycles. The van der Waals surface area contributed by atoms with Gasteiger partial charge in [0.2, 0.25) is 0 Å². The predicted molar refractivity (Wildman–Crippen MR) is 100 cm³/mol. The van der Waals surface area contributed by atoms with E-state index in [9.17, 15) is 14.0 Å². The van der Waals surface area contributed by atoms with Gasteiger partial charge in [-0.1, -0.05) is 23.7 Å². The van der Waals surface area contributed by atoms with Crippen molar-refractivity contribution >= 4 is 34.7 Å². The lowest BCUT2D eigenvalue weighted by Gasteiger charge is -2.19. The molecule has 0 unspecified atom stereocenters. The molecule has 0 atom stereocenters. The number of imide groups is 1. The third-order valence-corrected chi connectivity index (χ3v) is 4.45. The van der Waals surface area contributed by atoms with E-state index < -0.39 is 17.6 Å². The van der Waals surface area contributed by atoms with E-state index in [1.165, 1.54) is 29.2 Å². The van der Waals surface area contributed by atoms with Gasteiger partial charge in [0, 0.05) is 16.8 Å². The molecular formula is C20H18ClFN2O2. The van der Waals surface area contributed by atoms with Crippen molar-refractivity contribution in [2.24, 2.45) is 0 Å². The number of hydrogen-bond acceptors (Lipinski definition) is 3. The summed E-state index contributed by atoms with van der Waals surface area (Å²) in [6, 6.07) is 10.5. The number of hydrogen-bond donors (Lipinski definition) is 1. The third-order valence-electron chi connectivity index (χ3n) is 4.21. The van der Waals surface area contributed by atoms with Crippen molar-refractivity contribution in [3.05, 3.63) is 70.1 Å². The van der Waals surface area contributed by atoms with Gasteiger partial charge >= 0.3 is 0 Å². The van der Waals surface area contributed by atoms with Crippen molar-refractivity contribution in [1.29, 1.82) is 0 Å². The Labute approximate surface area is 156 Å². The number of aryl methyl sites for hydroxylation is 1. The number of rotatable bonds is 4. The van der Waals surface area contributed by atoms with Gasteiger partial charge in [0.1, 0.15) is 11.5 Å². The SMILES string of the molecule is Cc1cc(Cl)ccc1NC1=C(c2ccc(F)cc2)C(=O)N(C(C)C)C1=O. The van der Waals surface area contributed by atoms with Gasteiger partial charge in [0.15, 0.2) is 0 Å². The maximum absolute atomic E-state index is 13.3. The molecule has 134 valence electrons. The first-order chi connectivity index (χ1) is 12.3. The van der Waals surface area contributed by atoms with Gasteiger partial charge in [-0.2, -0.15) is 0 Å². The number of carbonyl (C=O) groups excluding carboxylic acids is 2. The molecule has 0 aliphatic carbocycles. The van der Waals surface area contributed by atoms with Crippen LogP contribution in [0.2, 0.25) is 5.02 Å². The van der Waals surface area contributed by atoms with E-state index in [-0.39, 0.29) is 17.3 Å². The largest absolute Gasteiger partial charge is 0.350 e. The van der Waals surface area contributed by atoms with Crippen molar-refractivity contribution in [3.8, 4) is 0 Å². The third kappa shape index (κ3) is 3.22. The Kier molecular flexibility index (Phi) is 4.83. The summed E-state index contributed by atoms with van der Waals surface area (Å²) in [6.07, 6.45) is 0. The summed E-state index contributed by atoms with van der Waals surface area (Å²) in [4.78, 5) is 27.0. The van der Waals surface area contributed by atoms with Crippen molar-refractivity contribution in [2.75, 3.05) is 5.32 Å². The molecular weight excluding hydrogens is 355 g/mol. The molecule has 0 fully saturated rings. The molecule has 2 aromatic rings. The normalized spacial score (nSPS) is 14.6. The summed E-state index contributed by atoms with van der Waals surface area (Å²) in [6.45, 7) is 5.40. The fourth-order valence-corrected chi connectivity index (χ4v) is 3.15. The number of benzene rings is 2. The van der Waals surface area contributed by atoms with Crippen molar-refractivity contribution in [2.45, 2.75) is 26.8 Å². The minimum atomic E-state index is -0.408. The Hall–Kier alpha value is -2.66. The summed E-state index contributed by atoms with van der Waals surface area (Å²) >= 11 is 5.98. The summed E-state index contributed by atoms with van der Waals surface area (Å²) in [7, 11) is 0. The van der Waals surface area contributed by atoms with Crippen LogP contribution < -0.4 is 5.32 Å². The minimum Gasteiger partial charge on any atom is -0.350 e. The molecule has 1 heterocycles. The fraction of sp³-hybridized carbons (Fsp3) is 0.200. The lowest BCUT2D eigenvalue weighted by Crippen LogP contribution is -2.38. The first-order valence-electron chi connectivity index (χ1n) is 8.21. The monoisotopic (exact) mass is 372 g/mol. The average Bonchev–Trinajstić information content (AvgIpc) is 2.81. The molecule has 1 aliphatic heterocycles. The summed E-state index contributed by atoms with van der Waals surface area (Å²) in [5.41, 5.74) is 2.42. The Morgan fingerprint density at radius 2 is 1.69 bits per heavy atom. The highest BCUT2D eigenvalue weighted by Crippen LogP contribution is 2.32. The van der Waals surface area contributed by atoms with Gasteiger partial charge in [-0.3, -0.25) is 14.5 Å².